The highest BCUT2D eigenvalue weighted by atomic mass is 32.2. The second-order valence-corrected chi connectivity index (χ2v) is 10.6. The van der Waals surface area contributed by atoms with E-state index in [9.17, 15) is 18.0 Å². The van der Waals surface area contributed by atoms with E-state index in [0.29, 0.717) is 46.6 Å². The Kier molecular flexibility index (Phi) is 16.5. The van der Waals surface area contributed by atoms with Gasteiger partial charge < -0.3 is 26.3 Å². The molecule has 3 rings (SSSR count). The molecule has 0 fully saturated rings. The van der Waals surface area contributed by atoms with Crippen molar-refractivity contribution >= 4 is 34.2 Å². The van der Waals surface area contributed by atoms with Gasteiger partial charge in [0.05, 0.1) is 37.1 Å². The molecule has 1 aromatic heterocycles. The minimum absolute atomic E-state index is 0.0678. The molecule has 3 aromatic rings. The summed E-state index contributed by atoms with van der Waals surface area (Å²) in [7, 11) is 4.39. The molecular weight excluding hydrogens is 603 g/mol. The fourth-order valence-corrected chi connectivity index (χ4v) is 4.22. The molecule has 0 spiro atoms. The Morgan fingerprint density at radius 3 is 2.40 bits per heavy atom. The zero-order chi connectivity index (χ0) is 34.3. The summed E-state index contributed by atoms with van der Waals surface area (Å²) in [6, 6.07) is 9.12. The lowest BCUT2D eigenvalue weighted by atomic mass is 10.1. The van der Waals surface area contributed by atoms with Crippen LogP contribution in [0.15, 0.2) is 77.3 Å². The number of hydrogen-bond acceptors (Lipinski definition) is 8. The molecule has 7 N–H and O–H groups in total. The number of thioether (sulfide) groups is 1. The average molecular weight is 648 g/mol. The van der Waals surface area contributed by atoms with Crippen LogP contribution < -0.4 is 27.6 Å². The number of carbonyl (C=O) groups is 1. The summed E-state index contributed by atoms with van der Waals surface area (Å²) in [5.41, 5.74) is 15.1. The first-order valence-corrected chi connectivity index (χ1v) is 14.7. The van der Waals surface area contributed by atoms with Gasteiger partial charge >= 0.3 is 0 Å². The Labute approximate surface area is 267 Å². The summed E-state index contributed by atoms with van der Waals surface area (Å²) >= 11 is 1.14. The minimum atomic E-state index is -2.76. The van der Waals surface area contributed by atoms with Crippen LogP contribution in [0.1, 0.15) is 47.5 Å². The maximum Gasteiger partial charge on any atom is 0.263 e. The van der Waals surface area contributed by atoms with Crippen LogP contribution in [0.25, 0.3) is 5.69 Å². The number of nitrogens with zero attached hydrogens (tertiary/aromatic N) is 5. The van der Waals surface area contributed by atoms with Crippen molar-refractivity contribution in [3.63, 3.8) is 0 Å². The van der Waals surface area contributed by atoms with Crippen LogP contribution in [0.3, 0.4) is 0 Å². The van der Waals surface area contributed by atoms with Crippen LogP contribution in [0.4, 0.5) is 24.5 Å². The first-order chi connectivity index (χ1) is 21.3. The molecule has 1 heterocycles. The Bertz CT molecular complexity index is 1470. The number of benzene rings is 2. The summed E-state index contributed by atoms with van der Waals surface area (Å²) in [6.45, 7) is 12.9. The molecule has 1 amide bonds. The third-order valence-electron chi connectivity index (χ3n) is 5.85. The number of hydrazine groups is 1. The van der Waals surface area contributed by atoms with Crippen molar-refractivity contribution in [2.75, 3.05) is 44.7 Å². The fraction of sp³-hybridized carbons (Fsp3) is 0.323. The van der Waals surface area contributed by atoms with E-state index in [0.717, 1.165) is 23.9 Å². The Morgan fingerprint density at radius 2 is 1.82 bits per heavy atom. The van der Waals surface area contributed by atoms with Crippen LogP contribution in [0.5, 0.6) is 0 Å². The number of hydrogen-bond donors (Lipinski definition) is 4. The number of anilines is 2. The number of halogens is 3. The van der Waals surface area contributed by atoms with E-state index < -0.39 is 12.3 Å². The first kappa shape index (κ1) is 38.8. The number of aromatic nitrogens is 2. The predicted molar refractivity (Wildman–Crippen MR) is 181 cm³/mol. The van der Waals surface area contributed by atoms with Gasteiger partial charge in [-0.25, -0.2) is 19.6 Å². The van der Waals surface area contributed by atoms with E-state index in [2.05, 4.69) is 21.9 Å². The molecular formula is C31H44F3N9OS. The molecule has 0 aliphatic carbocycles. The lowest BCUT2D eigenvalue weighted by molar-refractivity contribution is 0.102. The largest absolute Gasteiger partial charge is 0.397 e. The second kappa shape index (κ2) is 19.2. The molecule has 0 saturated heterocycles. The first-order valence-electron chi connectivity index (χ1n) is 13.9. The summed E-state index contributed by atoms with van der Waals surface area (Å²) in [5.74, 6) is 5.72. The number of imidazole rings is 1. The quantitative estimate of drug-likeness (QED) is 0.0663. The van der Waals surface area contributed by atoms with E-state index >= 15 is 0 Å². The van der Waals surface area contributed by atoms with Gasteiger partial charge in [-0.05, 0) is 63.8 Å². The van der Waals surface area contributed by atoms with Crippen LogP contribution >= 0.6 is 11.8 Å². The van der Waals surface area contributed by atoms with Crippen molar-refractivity contribution in [1.29, 1.82) is 0 Å². The molecule has 0 bridgehead atoms. The molecule has 45 heavy (non-hydrogen) atoms. The summed E-state index contributed by atoms with van der Waals surface area (Å²) in [6.07, 6.45) is 1.92. The smallest absolute Gasteiger partial charge is 0.263 e. The Hall–Kier alpha value is -4.27. The summed E-state index contributed by atoms with van der Waals surface area (Å²) in [4.78, 5) is 24.0. The Morgan fingerprint density at radius 1 is 1.16 bits per heavy atom. The normalized spacial score (nSPS) is 11.4. The van der Waals surface area contributed by atoms with E-state index in [4.69, 9.17) is 17.3 Å². The number of likely N-dealkylation sites (N-methyl/N-ethyl adjacent to an activating group) is 1. The van der Waals surface area contributed by atoms with Gasteiger partial charge in [-0.1, -0.05) is 38.3 Å². The third-order valence-corrected chi connectivity index (χ3v) is 6.67. The average Bonchev–Trinajstić information content (AvgIpc) is 3.45. The van der Waals surface area contributed by atoms with Crippen molar-refractivity contribution in [2.45, 2.75) is 34.1 Å². The van der Waals surface area contributed by atoms with E-state index in [-0.39, 0.29) is 16.8 Å². The number of amides is 1. The minimum Gasteiger partial charge on any atom is -0.397 e. The lowest BCUT2D eigenvalue weighted by Crippen LogP contribution is -2.27. The van der Waals surface area contributed by atoms with Crippen molar-refractivity contribution < 1.29 is 18.0 Å². The molecule has 14 heteroatoms. The lowest BCUT2D eigenvalue weighted by Gasteiger charge is -2.19. The molecule has 2 aromatic carbocycles. The number of rotatable bonds is 11. The highest BCUT2D eigenvalue weighted by Crippen LogP contribution is 2.27. The summed E-state index contributed by atoms with van der Waals surface area (Å²) in [5, 5.41) is 4.40. The van der Waals surface area contributed by atoms with Gasteiger partial charge in [0.2, 0.25) is 0 Å². The third kappa shape index (κ3) is 12.3. The fourth-order valence-electron chi connectivity index (χ4n) is 3.64. The van der Waals surface area contributed by atoms with Crippen LogP contribution in [-0.2, 0) is 0 Å². The Balaban J connectivity index is 0.00000243. The van der Waals surface area contributed by atoms with Crippen molar-refractivity contribution in [2.24, 2.45) is 22.3 Å². The maximum absolute atomic E-state index is 13.6. The van der Waals surface area contributed by atoms with Gasteiger partial charge in [0, 0.05) is 46.3 Å². The van der Waals surface area contributed by atoms with E-state index in [1.54, 1.807) is 35.9 Å². The SMILES string of the molecule is C=C(SC(N)=NCCN(C)C)/C(N)=C/N(N)c1cc(NC(=O)c2cc(C(F)F)cc(-n3cnc(C)c3)c2)ccc1C.CC.CF. The topological polar surface area (TPSA) is 144 Å². The zero-order valence-corrected chi connectivity index (χ0v) is 27.6. The zero-order valence-electron chi connectivity index (χ0n) is 26.8. The van der Waals surface area contributed by atoms with Gasteiger partial charge in [0.15, 0.2) is 5.17 Å². The number of alkyl halides is 3. The molecule has 0 aliphatic rings. The summed E-state index contributed by atoms with van der Waals surface area (Å²) < 4.78 is 38.3. The second-order valence-electron chi connectivity index (χ2n) is 9.53. The number of aryl methyl sites for hydroxylation is 2. The van der Waals surface area contributed by atoms with Crippen molar-refractivity contribution in [3.05, 3.63) is 94.7 Å². The van der Waals surface area contributed by atoms with Crippen molar-refractivity contribution in [1.82, 2.24) is 14.5 Å². The number of carbonyl (C=O) groups excluding carboxylic acids is 1. The molecule has 0 aliphatic heterocycles. The monoisotopic (exact) mass is 647 g/mol. The standard InChI is InChI=1S/C28H35F2N9OS.C2H6.CH3F/c1-17-6-7-22(13-25(17)39(33)15-24(31)19(3)41-28(32)34-8-9-37(4)5)36-27(40)21-10-20(26(29)30)11-23(12-21)38-14-18(2)35-16-38;2*1-2/h6-7,10-16,26H,3,8-9,31,33H2,1-2,4-5H3,(H2,32,34)(H,36,40);1-2H3;1H3/b24-15-;;. The predicted octanol–water partition coefficient (Wildman–Crippen LogP) is 5.89. The molecule has 246 valence electrons. The van der Waals surface area contributed by atoms with Gasteiger partial charge in [-0.3, -0.25) is 19.2 Å². The van der Waals surface area contributed by atoms with Crippen LogP contribution in [0.2, 0.25) is 0 Å². The van der Waals surface area contributed by atoms with Gasteiger partial charge in [-0.15, -0.1) is 0 Å². The van der Waals surface area contributed by atoms with Crippen LogP contribution in [0, 0.1) is 13.8 Å². The number of nitrogens with one attached hydrogen (secondary N) is 1. The molecule has 0 atom stereocenters. The van der Waals surface area contributed by atoms with E-state index in [1.807, 2.05) is 39.8 Å². The highest BCUT2D eigenvalue weighted by molar-refractivity contribution is 8.17. The van der Waals surface area contributed by atoms with Crippen LogP contribution in [-0.4, -0.2) is 59.9 Å². The van der Waals surface area contributed by atoms with E-state index in [1.165, 1.54) is 35.7 Å². The highest BCUT2D eigenvalue weighted by Gasteiger charge is 2.16. The molecule has 0 unspecified atom stereocenters. The molecule has 10 nitrogen and oxygen atoms in total. The molecule has 0 saturated carbocycles. The number of aliphatic imine (C=N–C) groups is 1. The van der Waals surface area contributed by atoms with Gasteiger partial charge in [-0.2, -0.15) is 0 Å². The number of nitrogens with two attached hydrogens (primary N) is 3. The van der Waals surface area contributed by atoms with Gasteiger partial charge in [0.25, 0.3) is 12.3 Å². The number of amidine groups is 1. The molecule has 0 radical (unpaired) electrons. The van der Waals surface area contributed by atoms with Crippen molar-refractivity contribution in [3.8, 4) is 5.69 Å². The maximum atomic E-state index is 13.6. The van der Waals surface area contributed by atoms with Gasteiger partial charge in [0.1, 0.15) is 0 Å².